The van der Waals surface area contributed by atoms with E-state index < -0.39 is 25.0 Å². The number of hydrogen-bond acceptors (Lipinski definition) is 6. The Morgan fingerprint density at radius 3 is 1.95 bits per heavy atom. The molecular weight excluding hydrogens is 745 g/mol. The fourth-order valence-electron chi connectivity index (χ4n) is 10.2. The van der Waals surface area contributed by atoms with Gasteiger partial charge in [0.15, 0.2) is 25.0 Å². The van der Waals surface area contributed by atoms with Gasteiger partial charge >= 0.3 is 5.97 Å². The zero-order valence-electron chi connectivity index (χ0n) is 39.9. The standard InChI is InChI=1S/C47H88O6Si3/c1-33(22-20-23-40(48)49-13)36-26-27-37-35-25-24-34-32-39(52-55(16,17)44(5,6)7)41(50-30-21-31-51-54(14,15)43(2,3)4)42(53-56(18,19)45(8,9)10)47(34,12)38(35)28-29-46(36,37)11/h24-25,33,36-39,41-42H,20-23,26-32H2,1-19H3/t33-,36-,37+,38+,39-,41-,42+,46-,47+/m1/s1. The normalized spacial score (nSPS) is 32.2. The molecule has 9 heteroatoms. The van der Waals surface area contributed by atoms with Crippen molar-refractivity contribution in [3.8, 4) is 0 Å². The van der Waals surface area contributed by atoms with Gasteiger partial charge in [-0.2, -0.15) is 0 Å². The van der Waals surface area contributed by atoms with Gasteiger partial charge in [0.2, 0.25) is 0 Å². The molecule has 4 rings (SSSR count). The van der Waals surface area contributed by atoms with Crippen LogP contribution < -0.4 is 0 Å². The lowest BCUT2D eigenvalue weighted by molar-refractivity contribution is -0.153. The Hall–Kier alpha value is -0.559. The van der Waals surface area contributed by atoms with Crippen molar-refractivity contribution < 1.29 is 27.5 Å². The van der Waals surface area contributed by atoms with Crippen molar-refractivity contribution >= 4 is 30.9 Å². The van der Waals surface area contributed by atoms with Crippen LogP contribution in [0.3, 0.4) is 0 Å². The number of esters is 1. The lowest BCUT2D eigenvalue weighted by atomic mass is 9.49. The van der Waals surface area contributed by atoms with Crippen molar-refractivity contribution in [2.24, 2.45) is 34.5 Å². The van der Waals surface area contributed by atoms with Crippen LogP contribution in [-0.2, 0) is 27.5 Å². The second-order valence-electron chi connectivity index (χ2n) is 23.6. The van der Waals surface area contributed by atoms with Gasteiger partial charge in [0, 0.05) is 25.0 Å². The monoisotopic (exact) mass is 833 g/mol. The molecule has 56 heavy (non-hydrogen) atoms. The highest BCUT2D eigenvalue weighted by atomic mass is 28.4. The SMILES string of the molecule is COC(=O)CCC[C@@H](C)[C@H]1CC[C@H]2C3=CC=C4C[C@@H](O[Si](C)(C)C(C)(C)C)[C@@H](OCCCO[Si](C)(C)C(C)(C)C)[C@H](O[Si](C)(C)C(C)(C)C)[C@]4(C)[C@H]3CC[C@]12C. The van der Waals surface area contributed by atoms with Crippen LogP contribution in [0.15, 0.2) is 23.3 Å². The minimum absolute atomic E-state index is 0.0585. The van der Waals surface area contributed by atoms with E-state index in [0.717, 1.165) is 32.3 Å². The molecule has 9 atom stereocenters. The maximum Gasteiger partial charge on any atom is 0.305 e. The zero-order valence-corrected chi connectivity index (χ0v) is 42.9. The summed E-state index contributed by atoms with van der Waals surface area (Å²) >= 11 is 0. The average molecular weight is 833 g/mol. The molecule has 0 amide bonds. The first-order chi connectivity index (χ1) is 25.4. The molecule has 3 fully saturated rings. The van der Waals surface area contributed by atoms with E-state index >= 15 is 0 Å². The van der Waals surface area contributed by atoms with Crippen LogP contribution in [0.5, 0.6) is 0 Å². The second kappa shape index (κ2) is 17.1. The molecule has 3 saturated carbocycles. The molecule has 0 aliphatic heterocycles. The van der Waals surface area contributed by atoms with Crippen LogP contribution in [0.2, 0.25) is 54.4 Å². The second-order valence-corrected chi connectivity index (χ2v) is 38.0. The number of methoxy groups -OCH3 is 1. The van der Waals surface area contributed by atoms with Crippen LogP contribution in [0.1, 0.15) is 141 Å². The maximum atomic E-state index is 11.9. The number of carbonyl (C=O) groups excluding carboxylic acids is 1. The molecule has 0 unspecified atom stereocenters. The Morgan fingerprint density at radius 1 is 0.786 bits per heavy atom. The third-order valence-electron chi connectivity index (χ3n) is 17.1. The van der Waals surface area contributed by atoms with Crippen LogP contribution in [0.25, 0.3) is 0 Å². The molecule has 0 aromatic heterocycles. The minimum Gasteiger partial charge on any atom is -0.469 e. The van der Waals surface area contributed by atoms with E-state index in [0.29, 0.717) is 36.7 Å². The van der Waals surface area contributed by atoms with E-state index in [9.17, 15) is 4.79 Å². The van der Waals surface area contributed by atoms with Crippen molar-refractivity contribution in [1.29, 1.82) is 0 Å². The number of carbonyl (C=O) groups is 1. The van der Waals surface area contributed by atoms with E-state index in [1.807, 2.05) is 0 Å². The van der Waals surface area contributed by atoms with Gasteiger partial charge in [0.1, 0.15) is 6.10 Å². The number of rotatable bonds is 15. The Labute approximate surface area is 348 Å². The minimum atomic E-state index is -2.25. The number of ether oxygens (including phenoxy) is 2. The summed E-state index contributed by atoms with van der Waals surface area (Å²) in [6.07, 6.45) is 14.0. The van der Waals surface area contributed by atoms with Gasteiger partial charge in [-0.15, -0.1) is 0 Å². The molecule has 0 spiro atoms. The molecular formula is C47H88O6Si3. The predicted molar refractivity (Wildman–Crippen MR) is 243 cm³/mol. The van der Waals surface area contributed by atoms with E-state index in [1.165, 1.54) is 38.4 Å². The van der Waals surface area contributed by atoms with Gasteiger partial charge in [0.25, 0.3) is 0 Å². The van der Waals surface area contributed by atoms with Crippen molar-refractivity contribution in [3.05, 3.63) is 23.3 Å². The highest BCUT2D eigenvalue weighted by molar-refractivity contribution is 6.75. The summed E-state index contributed by atoms with van der Waals surface area (Å²) in [6.45, 7) is 44.5. The molecule has 4 aliphatic carbocycles. The molecule has 0 N–H and O–H groups in total. The first-order valence-electron chi connectivity index (χ1n) is 22.5. The molecule has 324 valence electrons. The van der Waals surface area contributed by atoms with Gasteiger partial charge < -0.3 is 22.8 Å². The molecule has 0 radical (unpaired) electrons. The number of hydrogen-bond donors (Lipinski definition) is 0. The van der Waals surface area contributed by atoms with Crippen molar-refractivity contribution in [1.82, 2.24) is 0 Å². The first kappa shape index (κ1) is 48.1. The Balaban J connectivity index is 1.73. The Bertz CT molecular complexity index is 1430. The van der Waals surface area contributed by atoms with Crippen LogP contribution in [-0.4, -0.2) is 69.6 Å². The fourth-order valence-corrected chi connectivity index (χ4v) is 14.0. The van der Waals surface area contributed by atoms with E-state index in [1.54, 1.807) is 5.57 Å². The third-order valence-corrected chi connectivity index (χ3v) is 30.6. The van der Waals surface area contributed by atoms with Gasteiger partial charge in [0.05, 0.1) is 19.3 Å². The zero-order chi connectivity index (χ0) is 42.5. The van der Waals surface area contributed by atoms with Crippen molar-refractivity contribution in [3.63, 3.8) is 0 Å². The predicted octanol–water partition coefficient (Wildman–Crippen LogP) is 13.3. The molecule has 0 aromatic rings. The summed E-state index contributed by atoms with van der Waals surface area (Å²) in [5, 5.41) is 0.328. The summed E-state index contributed by atoms with van der Waals surface area (Å²) in [4.78, 5) is 11.9. The highest BCUT2D eigenvalue weighted by Gasteiger charge is 2.63. The largest absolute Gasteiger partial charge is 0.469 e. The maximum absolute atomic E-state index is 11.9. The van der Waals surface area contributed by atoms with Gasteiger partial charge in [-0.3, -0.25) is 4.79 Å². The topological polar surface area (TPSA) is 63.2 Å². The number of fused-ring (bicyclic) bond motifs is 5. The summed E-state index contributed by atoms with van der Waals surface area (Å²) < 4.78 is 34.2. The summed E-state index contributed by atoms with van der Waals surface area (Å²) in [5.74, 6) is 2.17. The number of allylic oxidation sites excluding steroid dienone is 3. The molecule has 0 heterocycles. The molecule has 0 aromatic carbocycles. The van der Waals surface area contributed by atoms with Gasteiger partial charge in [-0.1, -0.05) is 106 Å². The van der Waals surface area contributed by atoms with Crippen LogP contribution in [0.4, 0.5) is 0 Å². The van der Waals surface area contributed by atoms with Gasteiger partial charge in [-0.05, 0) is 135 Å². The molecule has 4 aliphatic rings. The summed E-state index contributed by atoms with van der Waals surface area (Å²) in [5.41, 5.74) is 3.27. The first-order valence-corrected chi connectivity index (χ1v) is 31.3. The van der Waals surface area contributed by atoms with Crippen molar-refractivity contribution in [2.75, 3.05) is 20.3 Å². The Kier molecular flexibility index (Phi) is 14.7. The summed E-state index contributed by atoms with van der Waals surface area (Å²) in [6, 6.07) is 0. The average Bonchev–Trinajstić information content (AvgIpc) is 3.41. The van der Waals surface area contributed by atoms with Crippen LogP contribution in [0, 0.1) is 34.5 Å². The highest BCUT2D eigenvalue weighted by Crippen LogP contribution is 2.67. The molecule has 6 nitrogen and oxygen atoms in total. The van der Waals surface area contributed by atoms with E-state index in [2.05, 4.69) is 135 Å². The molecule has 0 bridgehead atoms. The third kappa shape index (κ3) is 9.64. The van der Waals surface area contributed by atoms with Gasteiger partial charge in [-0.25, -0.2) is 0 Å². The summed E-state index contributed by atoms with van der Waals surface area (Å²) in [7, 11) is -4.75. The van der Waals surface area contributed by atoms with E-state index in [4.69, 9.17) is 22.8 Å². The van der Waals surface area contributed by atoms with Crippen molar-refractivity contribution in [2.45, 2.75) is 214 Å². The smallest absolute Gasteiger partial charge is 0.305 e. The molecule has 0 saturated heterocycles. The Morgan fingerprint density at radius 2 is 1.38 bits per heavy atom. The lowest BCUT2D eigenvalue weighted by Crippen LogP contribution is -2.65. The van der Waals surface area contributed by atoms with Crippen LogP contribution >= 0.6 is 0 Å². The fraction of sp³-hybridized carbons (Fsp3) is 0.894. The quantitative estimate of drug-likeness (QED) is 0.0930. The lowest BCUT2D eigenvalue weighted by Gasteiger charge is -2.61. The van der Waals surface area contributed by atoms with E-state index in [-0.39, 0.29) is 50.2 Å².